The predicted molar refractivity (Wildman–Crippen MR) is 126 cm³/mol. The van der Waals surface area contributed by atoms with Crippen LogP contribution in [0.25, 0.3) is 0 Å². The van der Waals surface area contributed by atoms with Crippen molar-refractivity contribution in [2.45, 2.75) is 136 Å². The Kier molecular flexibility index (Phi) is 21.8. The summed E-state index contributed by atoms with van der Waals surface area (Å²) in [7, 11) is 0. The molecule has 0 bridgehead atoms. The van der Waals surface area contributed by atoms with Gasteiger partial charge in [0.15, 0.2) is 0 Å². The second-order valence-electron chi connectivity index (χ2n) is 8.64. The summed E-state index contributed by atoms with van der Waals surface area (Å²) < 4.78 is 0. The largest absolute Gasteiger partial charge is 0.0885 e. The molecule has 2 radical (unpaired) electrons. The molecule has 0 amide bonds. The molecule has 0 rings (SSSR count). The minimum absolute atomic E-state index is 0.969. The van der Waals surface area contributed by atoms with Gasteiger partial charge in [-0.2, -0.15) is 0 Å². The fourth-order valence-corrected chi connectivity index (χ4v) is 4.09. The van der Waals surface area contributed by atoms with E-state index in [1.165, 1.54) is 109 Å². The van der Waals surface area contributed by atoms with Gasteiger partial charge in [0.2, 0.25) is 0 Å². The fourth-order valence-electron chi connectivity index (χ4n) is 4.09. The van der Waals surface area contributed by atoms with Gasteiger partial charge in [-0.05, 0) is 37.5 Å². The van der Waals surface area contributed by atoms with E-state index in [-0.39, 0.29) is 0 Å². The molecule has 160 valence electrons. The minimum Gasteiger partial charge on any atom is -0.0885 e. The Morgan fingerprint density at radius 2 is 0.963 bits per heavy atom. The van der Waals surface area contributed by atoms with E-state index in [0.29, 0.717) is 0 Å². The number of hydrogen-bond donors (Lipinski definition) is 0. The molecule has 0 nitrogen and oxygen atoms in total. The summed E-state index contributed by atoms with van der Waals surface area (Å²) in [5.74, 6) is 1.95. The van der Waals surface area contributed by atoms with Crippen LogP contribution in [-0.4, -0.2) is 0 Å². The van der Waals surface area contributed by atoms with E-state index in [4.69, 9.17) is 0 Å². The third-order valence-corrected chi connectivity index (χ3v) is 6.27. The van der Waals surface area contributed by atoms with Gasteiger partial charge in [0.25, 0.3) is 0 Å². The van der Waals surface area contributed by atoms with Crippen molar-refractivity contribution in [2.75, 3.05) is 0 Å². The minimum atomic E-state index is 0.969. The van der Waals surface area contributed by atoms with Crippen molar-refractivity contribution in [3.05, 3.63) is 26.0 Å². The van der Waals surface area contributed by atoms with E-state index in [1.807, 2.05) is 0 Å². The lowest BCUT2D eigenvalue weighted by Crippen LogP contribution is -2.05. The van der Waals surface area contributed by atoms with Gasteiger partial charge in [-0.25, -0.2) is 0 Å². The Morgan fingerprint density at radius 1 is 0.519 bits per heavy atom. The maximum absolute atomic E-state index is 3.93. The molecule has 2 atom stereocenters. The number of unbranched alkanes of at least 4 members (excludes halogenated alkanes) is 10. The monoisotopic (exact) mass is 376 g/mol. The molecule has 0 fully saturated rings. The lowest BCUT2D eigenvalue weighted by Gasteiger charge is -2.19. The summed E-state index contributed by atoms with van der Waals surface area (Å²) in [6.45, 7) is 12.6. The highest BCUT2D eigenvalue weighted by Crippen LogP contribution is 2.26. The van der Waals surface area contributed by atoms with Crippen LogP contribution in [0.2, 0.25) is 0 Å². The van der Waals surface area contributed by atoms with Crippen molar-refractivity contribution in [1.82, 2.24) is 0 Å². The Labute approximate surface area is 174 Å². The molecule has 0 aliphatic rings. The van der Waals surface area contributed by atoms with E-state index in [9.17, 15) is 0 Å². The van der Waals surface area contributed by atoms with Crippen LogP contribution in [-0.2, 0) is 0 Å². The Hall–Kier alpha value is -0.260. The smallest absolute Gasteiger partial charge is 0.0351 e. The first-order valence-corrected chi connectivity index (χ1v) is 12.5. The van der Waals surface area contributed by atoms with Crippen molar-refractivity contribution in [1.29, 1.82) is 0 Å². The summed E-state index contributed by atoms with van der Waals surface area (Å²) in [6, 6.07) is 0. The average molecular weight is 377 g/mol. The van der Waals surface area contributed by atoms with Crippen LogP contribution >= 0.6 is 0 Å². The summed E-state index contributed by atoms with van der Waals surface area (Å²) >= 11 is 0. The zero-order valence-electron chi connectivity index (χ0n) is 19.2. The molecule has 0 heteroatoms. The molecule has 0 aliphatic heterocycles. The molecule has 0 aromatic heterocycles. The topological polar surface area (TPSA) is 0 Å². The van der Waals surface area contributed by atoms with Crippen LogP contribution in [0.3, 0.4) is 0 Å². The van der Waals surface area contributed by atoms with Gasteiger partial charge < -0.3 is 0 Å². The molecule has 0 N–H and O–H groups in total. The standard InChI is InChI=1S/C27H52/c1-5-9-11-13-15-17-19-21-23-27(8-4)25-24-26(7-3)22-20-18-16-14-12-10-6-2/h13,15,26-27H,1-2,5-12,14,16-25H2,3-4H3/b15-13+. The van der Waals surface area contributed by atoms with E-state index in [1.54, 1.807) is 0 Å². The molecule has 27 heavy (non-hydrogen) atoms. The van der Waals surface area contributed by atoms with E-state index in [2.05, 4.69) is 39.8 Å². The molecular formula is C27H52. The quantitative estimate of drug-likeness (QED) is 0.138. The average Bonchev–Trinajstić information content (AvgIpc) is 2.69. The number of allylic oxidation sites excluding steroid dienone is 2. The van der Waals surface area contributed by atoms with E-state index >= 15 is 0 Å². The first kappa shape index (κ1) is 26.7. The zero-order chi connectivity index (χ0) is 20.0. The van der Waals surface area contributed by atoms with Crippen molar-refractivity contribution in [2.24, 2.45) is 11.8 Å². The highest BCUT2D eigenvalue weighted by atomic mass is 14.2. The normalized spacial score (nSPS) is 14.1. The lowest BCUT2D eigenvalue weighted by atomic mass is 9.87. The van der Waals surface area contributed by atoms with Gasteiger partial charge in [0.05, 0.1) is 0 Å². The van der Waals surface area contributed by atoms with Gasteiger partial charge in [0.1, 0.15) is 0 Å². The Bertz CT molecular complexity index is 290. The first-order chi connectivity index (χ1) is 13.3. The number of rotatable bonds is 21. The molecule has 0 saturated heterocycles. The molecule has 0 saturated carbocycles. The summed E-state index contributed by atoms with van der Waals surface area (Å²) in [4.78, 5) is 0. The summed E-state index contributed by atoms with van der Waals surface area (Å²) in [5, 5.41) is 0. The molecular weight excluding hydrogens is 324 g/mol. The van der Waals surface area contributed by atoms with Gasteiger partial charge >= 0.3 is 0 Å². The third kappa shape index (κ3) is 18.9. The van der Waals surface area contributed by atoms with Crippen molar-refractivity contribution < 1.29 is 0 Å². The maximum atomic E-state index is 3.93. The highest BCUT2D eigenvalue weighted by Gasteiger charge is 2.11. The molecule has 0 aromatic rings. The van der Waals surface area contributed by atoms with Crippen molar-refractivity contribution >= 4 is 0 Å². The van der Waals surface area contributed by atoms with Crippen LogP contribution in [0.5, 0.6) is 0 Å². The van der Waals surface area contributed by atoms with E-state index in [0.717, 1.165) is 24.7 Å². The lowest BCUT2D eigenvalue weighted by molar-refractivity contribution is 0.334. The van der Waals surface area contributed by atoms with Crippen molar-refractivity contribution in [3.8, 4) is 0 Å². The SMILES string of the molecule is [CH2]CCC/C=C/CCCCC(CC)CCC(CC)CCCCCCCC[CH2]. The zero-order valence-corrected chi connectivity index (χ0v) is 19.2. The van der Waals surface area contributed by atoms with Crippen LogP contribution in [0.1, 0.15) is 136 Å². The molecule has 0 aliphatic carbocycles. The highest BCUT2D eigenvalue weighted by molar-refractivity contribution is 4.81. The third-order valence-electron chi connectivity index (χ3n) is 6.27. The fraction of sp³-hybridized carbons (Fsp3) is 0.852. The van der Waals surface area contributed by atoms with Crippen LogP contribution in [0, 0.1) is 25.7 Å². The summed E-state index contributed by atoms with van der Waals surface area (Å²) in [6.07, 6.45) is 30.6. The molecule has 2 unspecified atom stereocenters. The maximum Gasteiger partial charge on any atom is -0.0351 e. The van der Waals surface area contributed by atoms with Crippen LogP contribution in [0.15, 0.2) is 12.2 Å². The Morgan fingerprint density at radius 3 is 1.48 bits per heavy atom. The molecule has 0 aromatic carbocycles. The van der Waals surface area contributed by atoms with Crippen molar-refractivity contribution in [3.63, 3.8) is 0 Å². The van der Waals surface area contributed by atoms with Crippen LogP contribution in [0.4, 0.5) is 0 Å². The molecule has 0 heterocycles. The molecule has 0 spiro atoms. The number of hydrogen-bond acceptors (Lipinski definition) is 0. The van der Waals surface area contributed by atoms with Crippen LogP contribution < -0.4 is 0 Å². The van der Waals surface area contributed by atoms with Gasteiger partial charge in [0, 0.05) is 0 Å². The predicted octanol–water partition coefficient (Wildman–Crippen LogP) is 9.89. The van der Waals surface area contributed by atoms with Gasteiger partial charge in [-0.1, -0.05) is 136 Å². The first-order valence-electron chi connectivity index (χ1n) is 12.5. The van der Waals surface area contributed by atoms with E-state index < -0.39 is 0 Å². The second kappa shape index (κ2) is 22.0. The Balaban J connectivity index is 3.69. The van der Waals surface area contributed by atoms with Gasteiger partial charge in [-0.15, -0.1) is 0 Å². The second-order valence-corrected chi connectivity index (χ2v) is 8.64. The summed E-state index contributed by atoms with van der Waals surface area (Å²) in [5.41, 5.74) is 0. The van der Waals surface area contributed by atoms with Gasteiger partial charge in [-0.3, -0.25) is 0 Å².